The van der Waals surface area contributed by atoms with E-state index in [4.69, 9.17) is 22.0 Å². The van der Waals surface area contributed by atoms with E-state index in [9.17, 15) is 0 Å². The van der Waals surface area contributed by atoms with Crippen molar-refractivity contribution >= 4 is 35.8 Å². The Balaban J connectivity index is 3.80. The molecule has 58 valence electrons. The number of hydrogen-bond acceptors (Lipinski definition) is 3. The molecule has 0 bridgehead atoms. The molecule has 0 aromatic carbocycles. The van der Waals surface area contributed by atoms with E-state index in [1.165, 1.54) is 0 Å². The normalized spacial score (nSPS) is 8.90. The standard InChI is InChI=1S/C4H9NS2.2Mo.S/c1-2-3-5-4(6)7;;;/h2-3H2,1H3,(H2,5,6,7);;;/q;2*+1;/p-2. The van der Waals surface area contributed by atoms with E-state index < -0.39 is 17.0 Å². The van der Waals surface area contributed by atoms with Crippen LogP contribution in [0.1, 0.15) is 13.3 Å². The average Bonchev–Trinajstić information content (AvgIpc) is 1.99. The summed E-state index contributed by atoms with van der Waals surface area (Å²) < 4.78 is 3.15. The van der Waals surface area contributed by atoms with Crippen molar-refractivity contribution in [1.82, 2.24) is 3.46 Å². The molecule has 0 N–H and O–H groups in total. The van der Waals surface area contributed by atoms with Gasteiger partial charge in [0.25, 0.3) is 0 Å². The first-order chi connectivity index (χ1) is 4.76. The molecule has 6 heteroatoms. The Morgan fingerprint density at radius 2 is 2.40 bits per heavy atom. The molecule has 0 radical (unpaired) electrons. The maximum absolute atomic E-state index is 5.10. The SMILES string of the molecule is CCC[N]([Mo]=[S])C(=S)[S][Mo]. The fourth-order valence-corrected chi connectivity index (χ4v) is 5.27. The van der Waals surface area contributed by atoms with Crippen LogP contribution < -0.4 is 0 Å². The number of nitrogens with zero attached hydrogens (tertiary/aromatic N) is 1. The van der Waals surface area contributed by atoms with Gasteiger partial charge in [-0.1, -0.05) is 0 Å². The van der Waals surface area contributed by atoms with Crippen LogP contribution in [0.25, 0.3) is 0 Å². The van der Waals surface area contributed by atoms with Gasteiger partial charge >= 0.3 is 94.7 Å². The fraction of sp³-hybridized carbons (Fsp3) is 0.750. The van der Waals surface area contributed by atoms with Crippen LogP contribution in [0.15, 0.2) is 0 Å². The van der Waals surface area contributed by atoms with Gasteiger partial charge in [0, 0.05) is 0 Å². The van der Waals surface area contributed by atoms with Gasteiger partial charge in [-0.25, -0.2) is 0 Å². The predicted molar refractivity (Wildman–Crippen MR) is 44.8 cm³/mol. The van der Waals surface area contributed by atoms with Crippen molar-refractivity contribution in [3.8, 4) is 0 Å². The molecule has 0 aliphatic rings. The van der Waals surface area contributed by atoms with E-state index in [-0.39, 0.29) is 0 Å². The van der Waals surface area contributed by atoms with Crippen molar-refractivity contribution in [1.29, 1.82) is 0 Å². The van der Waals surface area contributed by atoms with Gasteiger partial charge < -0.3 is 0 Å². The molecule has 0 heterocycles. The molecule has 0 spiro atoms. The molecular weight excluding hydrogens is 350 g/mol. The van der Waals surface area contributed by atoms with Crippen molar-refractivity contribution in [2.75, 3.05) is 6.54 Å². The van der Waals surface area contributed by atoms with Crippen LogP contribution in [0.5, 0.6) is 0 Å². The molecule has 0 rings (SSSR count). The summed E-state index contributed by atoms with van der Waals surface area (Å²) in [5.74, 6) is 0. The van der Waals surface area contributed by atoms with Gasteiger partial charge in [0.05, 0.1) is 0 Å². The van der Waals surface area contributed by atoms with Crippen molar-refractivity contribution in [3.05, 3.63) is 0 Å². The predicted octanol–water partition coefficient (Wildman–Crippen LogP) is 2.29. The average molecular weight is 357 g/mol. The first-order valence-electron chi connectivity index (χ1n) is 2.67. The Kier molecular flexibility index (Phi) is 8.86. The van der Waals surface area contributed by atoms with Gasteiger partial charge in [-0.15, -0.1) is 0 Å². The summed E-state index contributed by atoms with van der Waals surface area (Å²) in [5.41, 5.74) is 0. The quantitative estimate of drug-likeness (QED) is 0.563. The van der Waals surface area contributed by atoms with E-state index in [2.05, 4.69) is 10.4 Å². The van der Waals surface area contributed by atoms with Crippen molar-refractivity contribution < 1.29 is 35.5 Å². The van der Waals surface area contributed by atoms with Gasteiger partial charge in [0.15, 0.2) is 0 Å². The third-order valence-electron chi connectivity index (χ3n) is 0.792. The molecule has 0 aliphatic carbocycles. The van der Waals surface area contributed by atoms with Gasteiger partial charge in [-0.05, 0) is 0 Å². The third kappa shape index (κ3) is 4.66. The molecule has 0 unspecified atom stereocenters. The molecule has 0 aliphatic heterocycles. The first kappa shape index (κ1) is 11.8. The van der Waals surface area contributed by atoms with Gasteiger partial charge in [-0.3, -0.25) is 0 Å². The molecule has 0 aromatic rings. The third-order valence-corrected chi connectivity index (χ3v) is 6.66. The topological polar surface area (TPSA) is 3.24 Å². The van der Waals surface area contributed by atoms with Gasteiger partial charge in [0.1, 0.15) is 0 Å². The second-order valence-corrected chi connectivity index (χ2v) is 6.29. The molecule has 10 heavy (non-hydrogen) atoms. The molecule has 0 atom stereocenters. The van der Waals surface area contributed by atoms with Crippen LogP contribution in [0.4, 0.5) is 0 Å². The summed E-state index contributed by atoms with van der Waals surface area (Å²) in [5, 5.41) is 0. The molecular formula is C4H7Mo2NS3. The van der Waals surface area contributed by atoms with Crippen LogP contribution in [-0.2, 0) is 35.5 Å². The molecule has 1 nitrogen and oxygen atoms in total. The Hall–Kier alpha value is 1.84. The van der Waals surface area contributed by atoms with E-state index in [0.29, 0.717) is 0 Å². The minimum atomic E-state index is -0.414. The second kappa shape index (κ2) is 7.48. The van der Waals surface area contributed by atoms with Gasteiger partial charge in [0.2, 0.25) is 0 Å². The van der Waals surface area contributed by atoms with Crippen LogP contribution in [0, 0.1) is 0 Å². The van der Waals surface area contributed by atoms with Gasteiger partial charge in [-0.2, -0.15) is 0 Å². The van der Waals surface area contributed by atoms with Crippen molar-refractivity contribution in [3.63, 3.8) is 0 Å². The summed E-state index contributed by atoms with van der Waals surface area (Å²) in [4.78, 5) is 0. The summed E-state index contributed by atoms with van der Waals surface area (Å²) in [7, 11) is 6.67. The zero-order valence-electron chi connectivity index (χ0n) is 5.40. The first-order valence-corrected chi connectivity index (χ1v) is 9.97. The van der Waals surface area contributed by atoms with E-state index in [1.807, 2.05) is 18.5 Å². The number of hydrogen-bond donors (Lipinski definition) is 0. The molecule has 0 fully saturated rings. The van der Waals surface area contributed by atoms with E-state index in [1.54, 1.807) is 9.47 Å². The summed E-state index contributed by atoms with van der Waals surface area (Å²) in [6.45, 7) is 3.20. The molecule has 0 aromatic heterocycles. The van der Waals surface area contributed by atoms with Crippen LogP contribution >= 0.6 is 31.5 Å². The number of thiocarbonyl (C=S) groups is 1. The Morgan fingerprint density at radius 1 is 1.80 bits per heavy atom. The van der Waals surface area contributed by atoms with Crippen molar-refractivity contribution in [2.45, 2.75) is 13.3 Å². The fourth-order valence-electron chi connectivity index (χ4n) is 0.404. The van der Waals surface area contributed by atoms with Crippen LogP contribution in [0.2, 0.25) is 0 Å². The van der Waals surface area contributed by atoms with Crippen LogP contribution in [-0.4, -0.2) is 14.3 Å². The molecule has 0 amide bonds. The summed E-state index contributed by atoms with van der Waals surface area (Å²) in [6, 6.07) is 0. The number of rotatable bonds is 3. The second-order valence-electron chi connectivity index (χ2n) is 1.53. The van der Waals surface area contributed by atoms with E-state index in [0.717, 1.165) is 17.3 Å². The Bertz CT molecular complexity index is 130. The minimum absolute atomic E-state index is 0.414. The maximum atomic E-state index is 5.10. The molecule has 0 saturated heterocycles. The monoisotopic (exact) mass is 361 g/mol. The van der Waals surface area contributed by atoms with Crippen molar-refractivity contribution in [2.24, 2.45) is 0 Å². The summed E-state index contributed by atoms with van der Waals surface area (Å²) in [6.07, 6.45) is 1.14. The molecule has 0 saturated carbocycles. The zero-order valence-corrected chi connectivity index (χ0v) is 11.9. The van der Waals surface area contributed by atoms with E-state index >= 15 is 0 Å². The Morgan fingerprint density at radius 3 is 2.70 bits per heavy atom. The van der Waals surface area contributed by atoms with Crippen LogP contribution in [0.3, 0.4) is 0 Å². The Labute approximate surface area is 93.6 Å². The zero-order chi connectivity index (χ0) is 7.98. The summed E-state index contributed by atoms with van der Waals surface area (Å²) >= 11 is 6.62.